The first-order valence-corrected chi connectivity index (χ1v) is 7.45. The minimum Gasteiger partial charge on any atom is -0.497 e. The lowest BCUT2D eigenvalue weighted by atomic mass is 9.98. The van der Waals surface area contributed by atoms with Crippen LogP contribution in [-0.2, 0) is 9.53 Å². The quantitative estimate of drug-likeness (QED) is 0.346. The number of hydrogen-bond donors (Lipinski definition) is 6. The molecule has 1 amide bonds. The second-order valence-electron chi connectivity index (χ2n) is 5.18. The van der Waals surface area contributed by atoms with Crippen molar-refractivity contribution in [2.24, 2.45) is 5.73 Å². The van der Waals surface area contributed by atoms with Crippen LogP contribution in [0.1, 0.15) is 0 Å². The van der Waals surface area contributed by atoms with E-state index >= 15 is 0 Å². The van der Waals surface area contributed by atoms with E-state index in [-0.39, 0.29) is 5.11 Å². The van der Waals surface area contributed by atoms with Crippen molar-refractivity contribution in [1.29, 1.82) is 0 Å². The Kier molecular flexibility index (Phi) is 5.91. The predicted octanol–water partition coefficient (Wildman–Crippen LogP) is -1.73. The molecule has 10 heteroatoms. The van der Waals surface area contributed by atoms with Gasteiger partial charge in [0.05, 0.1) is 7.11 Å². The summed E-state index contributed by atoms with van der Waals surface area (Å²) in [5, 5.41) is 35.0. The van der Waals surface area contributed by atoms with E-state index in [9.17, 15) is 20.1 Å². The van der Waals surface area contributed by atoms with E-state index in [1.165, 1.54) is 0 Å². The number of ether oxygens (including phenoxy) is 2. The number of methoxy groups -OCH3 is 1. The highest BCUT2D eigenvalue weighted by Gasteiger charge is 2.46. The molecule has 0 aromatic heterocycles. The van der Waals surface area contributed by atoms with E-state index in [4.69, 9.17) is 27.4 Å². The van der Waals surface area contributed by atoms with Gasteiger partial charge >= 0.3 is 0 Å². The van der Waals surface area contributed by atoms with Crippen molar-refractivity contribution < 1.29 is 29.6 Å². The molecule has 9 nitrogen and oxygen atoms in total. The van der Waals surface area contributed by atoms with Crippen molar-refractivity contribution in [1.82, 2.24) is 5.32 Å². The fraction of sp³-hybridized carbons (Fsp3) is 0.429. The van der Waals surface area contributed by atoms with Gasteiger partial charge in [-0.2, -0.15) is 0 Å². The van der Waals surface area contributed by atoms with E-state index in [0.717, 1.165) is 0 Å². The summed E-state index contributed by atoms with van der Waals surface area (Å²) in [6.45, 7) is 0. The first-order valence-electron chi connectivity index (χ1n) is 7.04. The average molecular weight is 357 g/mol. The van der Waals surface area contributed by atoms with E-state index in [0.29, 0.717) is 11.4 Å². The Morgan fingerprint density at radius 1 is 1.21 bits per heavy atom. The van der Waals surface area contributed by atoms with Crippen LogP contribution in [0.5, 0.6) is 5.75 Å². The number of anilines is 1. The summed E-state index contributed by atoms with van der Waals surface area (Å²) in [5.41, 5.74) is 5.75. The van der Waals surface area contributed by atoms with Crippen molar-refractivity contribution in [2.45, 2.75) is 30.6 Å². The molecule has 5 atom stereocenters. The van der Waals surface area contributed by atoms with Crippen molar-refractivity contribution in [3.05, 3.63) is 24.3 Å². The summed E-state index contributed by atoms with van der Waals surface area (Å²) in [4.78, 5) is 11.3. The van der Waals surface area contributed by atoms with Crippen molar-refractivity contribution >= 4 is 28.9 Å². The Bertz CT molecular complexity index is 599. The maximum absolute atomic E-state index is 11.3. The van der Waals surface area contributed by atoms with Gasteiger partial charge in [-0.15, -0.1) is 0 Å². The summed E-state index contributed by atoms with van der Waals surface area (Å²) in [7, 11) is 1.55. The van der Waals surface area contributed by atoms with Gasteiger partial charge in [0.1, 0.15) is 24.1 Å². The Balaban J connectivity index is 1.99. The number of thiocarbonyl (C=S) groups is 1. The normalized spacial score (nSPS) is 29.6. The second kappa shape index (κ2) is 7.73. The third-order valence-corrected chi connectivity index (χ3v) is 3.73. The van der Waals surface area contributed by atoms with E-state index in [1.807, 2.05) is 0 Å². The molecule has 132 valence electrons. The molecular formula is C14H19N3O6S. The monoisotopic (exact) mass is 357 g/mol. The fourth-order valence-corrected chi connectivity index (χ4v) is 2.44. The molecule has 0 saturated carbocycles. The largest absolute Gasteiger partial charge is 0.497 e. The summed E-state index contributed by atoms with van der Waals surface area (Å²) in [6.07, 6.45) is -7.44. The highest BCUT2D eigenvalue weighted by atomic mass is 32.1. The van der Waals surface area contributed by atoms with Crippen LogP contribution in [0, 0.1) is 0 Å². The van der Waals surface area contributed by atoms with Crippen LogP contribution in [0.2, 0.25) is 0 Å². The summed E-state index contributed by atoms with van der Waals surface area (Å²) < 4.78 is 10.2. The van der Waals surface area contributed by atoms with Gasteiger partial charge in [-0.25, -0.2) is 0 Å². The van der Waals surface area contributed by atoms with Gasteiger partial charge < -0.3 is 41.2 Å². The average Bonchev–Trinajstić information content (AvgIpc) is 2.55. The van der Waals surface area contributed by atoms with Crippen molar-refractivity contribution in [2.75, 3.05) is 12.4 Å². The number of rotatable bonds is 4. The van der Waals surface area contributed by atoms with Gasteiger partial charge in [-0.1, -0.05) is 0 Å². The lowest BCUT2D eigenvalue weighted by Gasteiger charge is -2.39. The Labute approximate surface area is 143 Å². The lowest BCUT2D eigenvalue weighted by molar-refractivity contribution is -0.222. The third-order valence-electron chi connectivity index (χ3n) is 3.52. The van der Waals surface area contributed by atoms with Crippen LogP contribution in [0.15, 0.2) is 24.3 Å². The Morgan fingerprint density at radius 2 is 1.83 bits per heavy atom. The van der Waals surface area contributed by atoms with Gasteiger partial charge in [0.2, 0.25) is 5.91 Å². The van der Waals surface area contributed by atoms with Crippen LogP contribution in [0.4, 0.5) is 5.69 Å². The van der Waals surface area contributed by atoms with E-state index in [1.54, 1.807) is 31.4 Å². The Morgan fingerprint density at radius 3 is 2.38 bits per heavy atom. The van der Waals surface area contributed by atoms with E-state index < -0.39 is 36.6 Å². The molecule has 1 fully saturated rings. The smallest absolute Gasteiger partial charge is 0.249 e. The summed E-state index contributed by atoms with van der Waals surface area (Å²) >= 11 is 5.10. The molecule has 1 aliphatic rings. The molecule has 7 N–H and O–H groups in total. The fourth-order valence-electron chi connectivity index (χ4n) is 2.20. The summed E-state index contributed by atoms with van der Waals surface area (Å²) in [5.74, 6) is -0.291. The molecule has 0 spiro atoms. The molecule has 1 aromatic rings. The van der Waals surface area contributed by atoms with Gasteiger partial charge in [0.15, 0.2) is 17.4 Å². The maximum atomic E-state index is 11.3. The van der Waals surface area contributed by atoms with Crippen LogP contribution in [0.3, 0.4) is 0 Å². The minimum atomic E-state index is -1.63. The molecule has 1 aromatic carbocycles. The number of hydrogen-bond acceptors (Lipinski definition) is 7. The SMILES string of the molecule is COc1ccc(NC(=S)N[C@@H]2O[C@H](C(N)=O)[C@@H](O)[C@H](O)[C@H]2O)cc1. The highest BCUT2D eigenvalue weighted by Crippen LogP contribution is 2.20. The molecule has 0 bridgehead atoms. The number of amides is 1. The number of aliphatic hydroxyl groups is 3. The number of carbonyl (C=O) groups is 1. The number of carbonyl (C=O) groups excluding carboxylic acids is 1. The lowest BCUT2D eigenvalue weighted by Crippen LogP contribution is -2.65. The molecule has 0 radical (unpaired) electrons. The van der Waals surface area contributed by atoms with Crippen LogP contribution < -0.4 is 21.1 Å². The van der Waals surface area contributed by atoms with Crippen molar-refractivity contribution in [3.8, 4) is 5.75 Å². The molecule has 0 unspecified atom stereocenters. The first kappa shape index (κ1) is 18.4. The summed E-state index contributed by atoms with van der Waals surface area (Å²) in [6, 6.07) is 6.88. The topological polar surface area (TPSA) is 146 Å². The zero-order valence-electron chi connectivity index (χ0n) is 12.7. The number of primary amides is 1. The van der Waals surface area contributed by atoms with Gasteiger partial charge in [-0.05, 0) is 36.5 Å². The van der Waals surface area contributed by atoms with Gasteiger partial charge in [0, 0.05) is 5.69 Å². The first-order chi connectivity index (χ1) is 11.3. The zero-order chi connectivity index (χ0) is 17.9. The Hall–Kier alpha value is -1.98. The standard InChI is InChI=1S/C14H19N3O6S/c1-22-7-4-2-6(3-5-7)16-14(24)17-13-10(20)8(18)9(19)11(23-13)12(15)21/h2-5,8-11,13,18-20H,1H3,(H2,15,21)(H2,16,17,24)/t8-,9-,10+,11-,13+/m0/s1. The molecule has 0 aliphatic carbocycles. The highest BCUT2D eigenvalue weighted by molar-refractivity contribution is 7.80. The molecule has 1 aliphatic heterocycles. The number of benzene rings is 1. The number of nitrogens with two attached hydrogens (primary N) is 1. The van der Waals surface area contributed by atoms with Gasteiger partial charge in [0.25, 0.3) is 0 Å². The van der Waals surface area contributed by atoms with E-state index in [2.05, 4.69) is 10.6 Å². The molecule has 1 saturated heterocycles. The molecular weight excluding hydrogens is 338 g/mol. The van der Waals surface area contributed by atoms with Crippen LogP contribution >= 0.6 is 12.2 Å². The second-order valence-corrected chi connectivity index (χ2v) is 5.59. The zero-order valence-corrected chi connectivity index (χ0v) is 13.6. The molecule has 1 heterocycles. The molecule has 24 heavy (non-hydrogen) atoms. The van der Waals surface area contributed by atoms with Crippen LogP contribution in [-0.4, -0.2) is 64.1 Å². The number of aliphatic hydroxyl groups excluding tert-OH is 3. The molecule has 2 rings (SSSR count). The number of nitrogens with one attached hydrogen (secondary N) is 2. The third kappa shape index (κ3) is 4.10. The van der Waals surface area contributed by atoms with Crippen molar-refractivity contribution in [3.63, 3.8) is 0 Å². The van der Waals surface area contributed by atoms with Gasteiger partial charge in [-0.3, -0.25) is 4.79 Å². The minimum absolute atomic E-state index is 0.0797. The van der Waals surface area contributed by atoms with Crippen LogP contribution in [0.25, 0.3) is 0 Å². The maximum Gasteiger partial charge on any atom is 0.249 e. The predicted molar refractivity (Wildman–Crippen MR) is 88.2 cm³/mol.